The average molecular weight is 163 g/mol. The Morgan fingerprint density at radius 2 is 2.00 bits per heavy atom. The van der Waals surface area contributed by atoms with Crippen molar-refractivity contribution in [3.8, 4) is 0 Å². The predicted octanol–water partition coefficient (Wildman–Crippen LogP) is 3.07. The van der Waals surface area contributed by atoms with Crippen molar-refractivity contribution in [3.63, 3.8) is 0 Å². The Morgan fingerprint density at radius 3 is 2.33 bits per heavy atom. The highest BCUT2D eigenvalue weighted by atomic mass is 15.2. The van der Waals surface area contributed by atoms with E-state index in [1.165, 1.54) is 12.8 Å². The first kappa shape index (κ1) is 9.11. The first-order valence-electron chi connectivity index (χ1n) is 4.42. The second-order valence-corrected chi connectivity index (χ2v) is 3.35. The average Bonchev–Trinajstić information content (AvgIpc) is 2.81. The lowest BCUT2D eigenvalue weighted by Gasteiger charge is -2.22. The van der Waals surface area contributed by atoms with Crippen molar-refractivity contribution in [1.82, 2.24) is 4.90 Å². The summed E-state index contributed by atoms with van der Waals surface area (Å²) in [5.41, 5.74) is 2.11. The van der Waals surface area contributed by atoms with Gasteiger partial charge in [-0.1, -0.05) is 19.2 Å². The molecule has 0 spiro atoms. The standard InChI is InChI=1S/C11H17N/c1-5-8-12(11-6-7-11)10(4)9(2)3/h5,8,11H,2,4,6-7H2,1,3H3/b8-5-. The van der Waals surface area contributed by atoms with Crippen LogP contribution < -0.4 is 0 Å². The van der Waals surface area contributed by atoms with Gasteiger partial charge in [-0.15, -0.1) is 0 Å². The minimum absolute atomic E-state index is 0.686. The monoisotopic (exact) mass is 163 g/mol. The fraction of sp³-hybridized carbons (Fsp3) is 0.455. The summed E-state index contributed by atoms with van der Waals surface area (Å²) in [4.78, 5) is 2.22. The third-order valence-electron chi connectivity index (χ3n) is 2.05. The van der Waals surface area contributed by atoms with Gasteiger partial charge in [-0.25, -0.2) is 0 Å². The van der Waals surface area contributed by atoms with Gasteiger partial charge in [-0.05, 0) is 32.3 Å². The third-order valence-corrected chi connectivity index (χ3v) is 2.05. The van der Waals surface area contributed by atoms with E-state index in [2.05, 4.69) is 24.3 Å². The number of rotatable bonds is 4. The van der Waals surface area contributed by atoms with Gasteiger partial charge in [0.25, 0.3) is 0 Å². The Labute approximate surface area is 75.1 Å². The van der Waals surface area contributed by atoms with Crippen molar-refractivity contribution in [1.29, 1.82) is 0 Å². The first-order chi connectivity index (χ1) is 5.66. The highest BCUT2D eigenvalue weighted by molar-refractivity contribution is 5.25. The molecule has 0 atom stereocenters. The zero-order valence-electron chi connectivity index (χ0n) is 8.01. The summed E-state index contributed by atoms with van der Waals surface area (Å²) in [6, 6.07) is 0.686. The predicted molar refractivity (Wildman–Crippen MR) is 53.6 cm³/mol. The lowest BCUT2D eigenvalue weighted by atomic mass is 10.2. The largest absolute Gasteiger partial charge is 0.346 e. The van der Waals surface area contributed by atoms with Gasteiger partial charge in [0.1, 0.15) is 0 Å². The molecule has 0 aliphatic heterocycles. The van der Waals surface area contributed by atoms with Crippen molar-refractivity contribution >= 4 is 0 Å². The fourth-order valence-electron chi connectivity index (χ4n) is 1.17. The van der Waals surface area contributed by atoms with E-state index >= 15 is 0 Å². The van der Waals surface area contributed by atoms with E-state index in [0.717, 1.165) is 11.3 Å². The van der Waals surface area contributed by atoms with E-state index in [1.807, 2.05) is 19.9 Å². The molecule has 66 valence electrons. The van der Waals surface area contributed by atoms with Crippen molar-refractivity contribution in [2.75, 3.05) is 0 Å². The van der Waals surface area contributed by atoms with Crippen molar-refractivity contribution in [2.45, 2.75) is 32.7 Å². The molecule has 1 aliphatic carbocycles. The summed E-state index contributed by atoms with van der Waals surface area (Å²) in [5, 5.41) is 0. The maximum atomic E-state index is 4.01. The van der Waals surface area contributed by atoms with Gasteiger partial charge < -0.3 is 4.90 Å². The molecule has 1 rings (SSSR count). The van der Waals surface area contributed by atoms with Crippen LogP contribution in [0, 0.1) is 0 Å². The summed E-state index contributed by atoms with van der Waals surface area (Å²) >= 11 is 0. The van der Waals surface area contributed by atoms with E-state index < -0.39 is 0 Å². The zero-order valence-corrected chi connectivity index (χ0v) is 8.01. The number of nitrogens with zero attached hydrogens (tertiary/aromatic N) is 1. The molecule has 0 saturated heterocycles. The van der Waals surface area contributed by atoms with Crippen LogP contribution in [0.1, 0.15) is 26.7 Å². The van der Waals surface area contributed by atoms with Gasteiger partial charge in [0.05, 0.1) is 0 Å². The quantitative estimate of drug-likeness (QED) is 0.576. The molecule has 0 amide bonds. The van der Waals surface area contributed by atoms with Crippen LogP contribution in [0.25, 0.3) is 0 Å². The number of hydrogen-bond acceptors (Lipinski definition) is 1. The number of allylic oxidation sites excluding steroid dienone is 2. The second-order valence-electron chi connectivity index (χ2n) is 3.35. The summed E-state index contributed by atoms with van der Waals surface area (Å²) in [7, 11) is 0. The van der Waals surface area contributed by atoms with Crippen molar-refractivity contribution in [2.24, 2.45) is 0 Å². The lowest BCUT2D eigenvalue weighted by Crippen LogP contribution is -2.18. The molecule has 0 bridgehead atoms. The van der Waals surface area contributed by atoms with Crippen LogP contribution in [0.5, 0.6) is 0 Å². The van der Waals surface area contributed by atoms with Crippen LogP contribution in [0.4, 0.5) is 0 Å². The molecule has 0 aromatic rings. The number of hydrogen-bond donors (Lipinski definition) is 0. The normalized spacial score (nSPS) is 16.5. The van der Waals surface area contributed by atoms with Crippen LogP contribution in [-0.4, -0.2) is 10.9 Å². The Hall–Kier alpha value is -0.980. The molecule has 1 aliphatic rings. The molecule has 0 N–H and O–H groups in total. The lowest BCUT2D eigenvalue weighted by molar-refractivity contribution is 0.464. The molecular formula is C11H17N. The Morgan fingerprint density at radius 1 is 1.42 bits per heavy atom. The Kier molecular flexibility index (Phi) is 2.74. The van der Waals surface area contributed by atoms with Crippen molar-refractivity contribution < 1.29 is 0 Å². The molecule has 1 fully saturated rings. The zero-order chi connectivity index (χ0) is 9.14. The maximum Gasteiger partial charge on any atom is 0.0359 e. The van der Waals surface area contributed by atoms with E-state index in [-0.39, 0.29) is 0 Å². The SMILES string of the molecule is C=C(C)C(=C)N(/C=C\C)C1CC1. The third kappa shape index (κ3) is 2.00. The van der Waals surface area contributed by atoms with E-state index in [4.69, 9.17) is 0 Å². The summed E-state index contributed by atoms with van der Waals surface area (Å²) in [6.07, 6.45) is 6.72. The summed E-state index contributed by atoms with van der Waals surface area (Å²) in [6.45, 7) is 11.9. The van der Waals surface area contributed by atoms with Crippen LogP contribution in [0.3, 0.4) is 0 Å². The highest BCUT2D eigenvalue weighted by Gasteiger charge is 2.28. The van der Waals surface area contributed by atoms with Gasteiger partial charge in [0.2, 0.25) is 0 Å². The second kappa shape index (κ2) is 3.61. The van der Waals surface area contributed by atoms with Gasteiger partial charge in [0, 0.05) is 17.9 Å². The van der Waals surface area contributed by atoms with Crippen LogP contribution in [-0.2, 0) is 0 Å². The summed E-state index contributed by atoms with van der Waals surface area (Å²) in [5.74, 6) is 0. The molecule has 0 aromatic heterocycles. The topological polar surface area (TPSA) is 3.24 Å². The molecule has 0 heterocycles. The van der Waals surface area contributed by atoms with E-state index in [1.54, 1.807) is 0 Å². The van der Waals surface area contributed by atoms with Gasteiger partial charge in [0.15, 0.2) is 0 Å². The molecule has 1 saturated carbocycles. The molecule has 12 heavy (non-hydrogen) atoms. The van der Waals surface area contributed by atoms with Gasteiger partial charge in [-0.3, -0.25) is 0 Å². The minimum Gasteiger partial charge on any atom is -0.346 e. The highest BCUT2D eigenvalue weighted by Crippen LogP contribution is 2.31. The molecular weight excluding hydrogens is 146 g/mol. The maximum absolute atomic E-state index is 4.01. The Bertz CT molecular complexity index is 221. The van der Waals surface area contributed by atoms with Crippen LogP contribution in [0.15, 0.2) is 36.7 Å². The van der Waals surface area contributed by atoms with E-state index in [9.17, 15) is 0 Å². The summed E-state index contributed by atoms with van der Waals surface area (Å²) < 4.78 is 0. The van der Waals surface area contributed by atoms with E-state index in [0.29, 0.717) is 6.04 Å². The minimum atomic E-state index is 0.686. The van der Waals surface area contributed by atoms with Crippen LogP contribution in [0.2, 0.25) is 0 Å². The Balaban J connectivity index is 2.64. The molecule has 1 heteroatoms. The van der Waals surface area contributed by atoms with Crippen molar-refractivity contribution in [3.05, 3.63) is 36.7 Å². The van der Waals surface area contributed by atoms with Gasteiger partial charge >= 0.3 is 0 Å². The fourth-order valence-corrected chi connectivity index (χ4v) is 1.17. The molecule has 0 radical (unpaired) electrons. The van der Waals surface area contributed by atoms with Crippen LogP contribution >= 0.6 is 0 Å². The molecule has 0 aromatic carbocycles. The smallest absolute Gasteiger partial charge is 0.0359 e. The molecule has 1 nitrogen and oxygen atoms in total. The molecule has 0 unspecified atom stereocenters. The first-order valence-corrected chi connectivity index (χ1v) is 4.42. The van der Waals surface area contributed by atoms with Gasteiger partial charge in [-0.2, -0.15) is 0 Å².